The summed E-state index contributed by atoms with van der Waals surface area (Å²) in [5, 5.41) is 0. The van der Waals surface area contributed by atoms with Gasteiger partial charge in [-0.1, -0.05) is 19.1 Å². The van der Waals surface area contributed by atoms with Crippen LogP contribution in [0.15, 0.2) is 60.7 Å². The zero-order valence-electron chi connectivity index (χ0n) is 19.5. The van der Waals surface area contributed by atoms with E-state index in [0.717, 1.165) is 0 Å². The van der Waals surface area contributed by atoms with Crippen LogP contribution < -0.4 is 19.3 Å². The fourth-order valence-corrected chi connectivity index (χ4v) is 5.14. The van der Waals surface area contributed by atoms with Gasteiger partial charge in [-0.15, -0.1) is 0 Å². The number of nitrogens with zero attached hydrogens (tertiary/aromatic N) is 2. The Hall–Kier alpha value is -3.94. The van der Waals surface area contributed by atoms with Crippen LogP contribution in [-0.4, -0.2) is 37.3 Å². The van der Waals surface area contributed by atoms with Gasteiger partial charge in [-0.2, -0.15) is 0 Å². The Balaban J connectivity index is 1.24. The van der Waals surface area contributed by atoms with Crippen LogP contribution in [0.3, 0.4) is 0 Å². The lowest BCUT2D eigenvalue weighted by Gasteiger charge is -2.22. The molecule has 0 bridgehead atoms. The quantitative estimate of drug-likeness (QED) is 0.286. The summed E-state index contributed by atoms with van der Waals surface area (Å²) in [6.45, 7) is 2.18. The highest BCUT2D eigenvalue weighted by Gasteiger charge is 2.50. The maximum atomic E-state index is 13.0. The molecule has 2 saturated heterocycles. The number of ether oxygens (including phenoxy) is 2. The Bertz CT molecular complexity index is 1200. The van der Waals surface area contributed by atoms with Crippen molar-refractivity contribution in [3.63, 3.8) is 0 Å². The van der Waals surface area contributed by atoms with Crippen LogP contribution in [0.1, 0.15) is 19.8 Å². The van der Waals surface area contributed by atoms with Crippen LogP contribution in [0.25, 0.3) is 0 Å². The second kappa shape index (κ2) is 9.02. The van der Waals surface area contributed by atoms with Crippen molar-refractivity contribution in [2.24, 2.45) is 23.7 Å². The van der Waals surface area contributed by atoms with E-state index >= 15 is 0 Å². The van der Waals surface area contributed by atoms with E-state index in [4.69, 9.17) is 9.47 Å². The third-order valence-corrected chi connectivity index (χ3v) is 7.03. The Kier molecular flexibility index (Phi) is 5.88. The topological polar surface area (TPSA) is 93.2 Å². The Labute approximate surface area is 203 Å². The molecule has 0 spiro atoms. The number of methoxy groups -OCH3 is 1. The van der Waals surface area contributed by atoms with E-state index in [1.54, 1.807) is 60.5 Å². The van der Waals surface area contributed by atoms with Gasteiger partial charge < -0.3 is 14.4 Å². The lowest BCUT2D eigenvalue weighted by molar-refractivity contribution is -0.139. The van der Waals surface area contributed by atoms with Gasteiger partial charge in [0.05, 0.1) is 30.6 Å². The molecule has 2 heterocycles. The van der Waals surface area contributed by atoms with Gasteiger partial charge in [-0.3, -0.25) is 24.1 Å². The molecule has 3 amide bonds. The largest absolute Gasteiger partial charge is 0.497 e. The molecule has 2 aliphatic heterocycles. The predicted octanol–water partition coefficient (Wildman–Crippen LogP) is 3.36. The molecule has 0 unspecified atom stereocenters. The molecular weight excluding hydrogens is 448 g/mol. The maximum Gasteiger partial charge on any atom is 0.316 e. The number of rotatable bonds is 5. The molecule has 2 fully saturated rings. The van der Waals surface area contributed by atoms with E-state index in [9.17, 15) is 19.2 Å². The minimum atomic E-state index is -0.594. The summed E-state index contributed by atoms with van der Waals surface area (Å²) in [7, 11) is 1.57. The predicted molar refractivity (Wildman–Crippen MR) is 128 cm³/mol. The molecular formula is C27H26N2O6. The second-order valence-corrected chi connectivity index (χ2v) is 9.19. The van der Waals surface area contributed by atoms with Gasteiger partial charge in [0.2, 0.25) is 17.7 Å². The van der Waals surface area contributed by atoms with Crippen molar-refractivity contribution in [3.8, 4) is 11.5 Å². The van der Waals surface area contributed by atoms with Crippen molar-refractivity contribution in [3.05, 3.63) is 60.7 Å². The average Bonchev–Trinajstić information content (AvgIpc) is 3.38. The van der Waals surface area contributed by atoms with Crippen LogP contribution >= 0.6 is 0 Å². The number of benzene rings is 2. The third-order valence-electron chi connectivity index (χ3n) is 7.03. The van der Waals surface area contributed by atoms with E-state index in [2.05, 4.69) is 0 Å². The first-order chi connectivity index (χ1) is 16.9. The van der Waals surface area contributed by atoms with Crippen molar-refractivity contribution in [1.82, 2.24) is 0 Å². The van der Waals surface area contributed by atoms with Gasteiger partial charge in [-0.25, -0.2) is 0 Å². The lowest BCUT2D eigenvalue weighted by Crippen LogP contribution is -2.31. The van der Waals surface area contributed by atoms with Gasteiger partial charge in [0, 0.05) is 18.7 Å². The molecule has 0 saturated carbocycles. The molecule has 2 aromatic carbocycles. The summed E-state index contributed by atoms with van der Waals surface area (Å²) in [5.41, 5.74) is 1.16. The number of esters is 1. The number of imide groups is 1. The SMILES string of the molecule is COc1ccc(N2C[C@@H](C(=O)Oc3ccc(N4C(=O)[C@H]5[C@H](C)C=CC[C@@H]5C4=O)cc3)CC2=O)cc1. The van der Waals surface area contributed by atoms with Crippen molar-refractivity contribution in [2.75, 3.05) is 23.5 Å². The molecule has 1 aliphatic carbocycles. The van der Waals surface area contributed by atoms with E-state index in [0.29, 0.717) is 29.3 Å². The molecule has 5 rings (SSSR count). The number of fused-ring (bicyclic) bond motifs is 1. The van der Waals surface area contributed by atoms with Crippen LogP contribution in [0, 0.1) is 23.7 Å². The maximum absolute atomic E-state index is 13.0. The third kappa shape index (κ3) is 4.09. The number of hydrogen-bond donors (Lipinski definition) is 0. The zero-order valence-corrected chi connectivity index (χ0v) is 19.5. The first-order valence-electron chi connectivity index (χ1n) is 11.7. The molecule has 0 radical (unpaired) electrons. The van der Waals surface area contributed by atoms with Crippen LogP contribution in [-0.2, 0) is 19.2 Å². The van der Waals surface area contributed by atoms with Crippen molar-refractivity contribution >= 4 is 35.1 Å². The fourth-order valence-electron chi connectivity index (χ4n) is 5.14. The van der Waals surface area contributed by atoms with Crippen LogP contribution in [0.4, 0.5) is 11.4 Å². The van der Waals surface area contributed by atoms with Gasteiger partial charge >= 0.3 is 5.97 Å². The molecule has 8 nitrogen and oxygen atoms in total. The number of amides is 3. The molecule has 4 atom stereocenters. The second-order valence-electron chi connectivity index (χ2n) is 9.19. The fraction of sp³-hybridized carbons (Fsp3) is 0.333. The highest BCUT2D eigenvalue weighted by molar-refractivity contribution is 6.22. The number of anilines is 2. The highest BCUT2D eigenvalue weighted by Crippen LogP contribution is 2.40. The monoisotopic (exact) mass is 474 g/mol. The Morgan fingerprint density at radius 3 is 2.23 bits per heavy atom. The first kappa shape index (κ1) is 22.8. The average molecular weight is 475 g/mol. The summed E-state index contributed by atoms with van der Waals surface area (Å²) in [5.74, 6) is -1.29. The van der Waals surface area contributed by atoms with Crippen molar-refractivity contribution in [2.45, 2.75) is 19.8 Å². The van der Waals surface area contributed by atoms with E-state index in [1.807, 2.05) is 19.1 Å². The molecule has 0 aromatic heterocycles. The van der Waals surface area contributed by atoms with Gasteiger partial charge in [-0.05, 0) is 60.9 Å². The highest BCUT2D eigenvalue weighted by atomic mass is 16.5. The summed E-state index contributed by atoms with van der Waals surface area (Å²) in [4.78, 5) is 53.9. The summed E-state index contributed by atoms with van der Waals surface area (Å²) in [6.07, 6.45) is 4.59. The Morgan fingerprint density at radius 2 is 1.57 bits per heavy atom. The van der Waals surface area contributed by atoms with E-state index in [-0.39, 0.29) is 48.4 Å². The molecule has 35 heavy (non-hydrogen) atoms. The van der Waals surface area contributed by atoms with Gasteiger partial charge in [0.15, 0.2) is 0 Å². The number of allylic oxidation sites excluding steroid dienone is 2. The molecule has 180 valence electrons. The standard InChI is InChI=1S/C27H26N2O6/c1-16-4-3-5-22-24(16)26(32)29(25(22)31)19-8-12-21(13-9-19)35-27(33)17-14-23(30)28(15-17)18-6-10-20(34-2)11-7-18/h3-4,6-13,16-17,22,24H,5,14-15H2,1-2H3/t16-,17+,22+,24+/m1/s1. The van der Waals surface area contributed by atoms with Crippen LogP contribution in [0.2, 0.25) is 0 Å². The summed E-state index contributed by atoms with van der Waals surface area (Å²) >= 11 is 0. The molecule has 0 N–H and O–H groups in total. The minimum Gasteiger partial charge on any atom is -0.497 e. The summed E-state index contributed by atoms with van der Waals surface area (Å²) in [6, 6.07) is 13.4. The number of carbonyl (C=O) groups is 4. The van der Waals surface area contributed by atoms with Gasteiger partial charge in [0.1, 0.15) is 11.5 Å². The van der Waals surface area contributed by atoms with E-state index in [1.165, 1.54) is 4.90 Å². The lowest BCUT2D eigenvalue weighted by atomic mass is 9.78. The number of carbonyl (C=O) groups excluding carboxylic acids is 4. The Morgan fingerprint density at radius 1 is 0.914 bits per heavy atom. The van der Waals surface area contributed by atoms with E-state index < -0.39 is 11.9 Å². The van der Waals surface area contributed by atoms with Gasteiger partial charge in [0.25, 0.3) is 0 Å². The zero-order chi connectivity index (χ0) is 24.7. The minimum absolute atomic E-state index is 0.0158. The number of hydrogen-bond acceptors (Lipinski definition) is 6. The van der Waals surface area contributed by atoms with Crippen molar-refractivity contribution < 1.29 is 28.7 Å². The van der Waals surface area contributed by atoms with Crippen molar-refractivity contribution in [1.29, 1.82) is 0 Å². The van der Waals surface area contributed by atoms with Crippen LogP contribution in [0.5, 0.6) is 11.5 Å². The normalized spacial score (nSPS) is 25.7. The smallest absolute Gasteiger partial charge is 0.316 e. The first-order valence-corrected chi connectivity index (χ1v) is 11.7. The summed E-state index contributed by atoms with van der Waals surface area (Å²) < 4.78 is 10.7. The molecule has 3 aliphatic rings. The molecule has 8 heteroatoms. The molecule has 2 aromatic rings.